The zero-order valence-corrected chi connectivity index (χ0v) is 14.4. The Morgan fingerprint density at radius 1 is 1.43 bits per heavy atom. The molecule has 0 radical (unpaired) electrons. The van der Waals surface area contributed by atoms with Crippen LogP contribution in [0.5, 0.6) is 0 Å². The number of hydrogen-bond donors (Lipinski definition) is 0. The van der Waals surface area contributed by atoms with Gasteiger partial charge in [-0.1, -0.05) is 26.7 Å². The molecule has 0 saturated heterocycles. The second-order valence-electron chi connectivity index (χ2n) is 6.58. The first kappa shape index (κ1) is 18.0. The van der Waals surface area contributed by atoms with Crippen molar-refractivity contribution >= 4 is 11.9 Å². The number of rotatable bonds is 7. The summed E-state index contributed by atoms with van der Waals surface area (Å²) in [5.74, 6) is 0.254. The van der Waals surface area contributed by atoms with Gasteiger partial charge in [0.2, 0.25) is 0 Å². The maximum Gasteiger partial charge on any atom is 0.318 e. The molecule has 0 N–H and O–H groups in total. The fourth-order valence-corrected chi connectivity index (χ4v) is 3.17. The van der Waals surface area contributed by atoms with Gasteiger partial charge in [0, 0.05) is 6.42 Å². The smallest absolute Gasteiger partial charge is 0.318 e. The van der Waals surface area contributed by atoms with Crippen molar-refractivity contribution in [3.05, 3.63) is 0 Å². The molecule has 0 aromatic heterocycles. The van der Waals surface area contributed by atoms with Crippen LogP contribution >= 0.6 is 0 Å². The first-order chi connectivity index (χ1) is 9.84. The first-order valence-electron chi connectivity index (χ1n) is 8.27. The summed E-state index contributed by atoms with van der Waals surface area (Å²) in [6.07, 6.45) is 3.91. The van der Waals surface area contributed by atoms with Crippen molar-refractivity contribution in [2.75, 3.05) is 6.61 Å². The number of carbonyl (C=O) groups is 1. The number of aliphatic imine (C=N–C) groups is 1. The van der Waals surface area contributed by atoms with E-state index in [4.69, 9.17) is 14.5 Å². The minimum atomic E-state index is -0.364. The molecular formula is C17H31NO3. The van der Waals surface area contributed by atoms with Crippen LogP contribution in [0.1, 0.15) is 67.2 Å². The molecule has 0 aromatic rings. The predicted molar refractivity (Wildman–Crippen MR) is 85.5 cm³/mol. The van der Waals surface area contributed by atoms with Crippen molar-refractivity contribution in [2.24, 2.45) is 16.8 Å². The lowest BCUT2D eigenvalue weighted by molar-refractivity contribution is -0.148. The molecule has 1 rings (SSSR count). The van der Waals surface area contributed by atoms with Crippen LogP contribution in [0.15, 0.2) is 4.99 Å². The van der Waals surface area contributed by atoms with E-state index < -0.39 is 0 Å². The number of carbonyl (C=O) groups excluding carboxylic acids is 1. The minimum Gasteiger partial charge on any atom is -0.477 e. The van der Waals surface area contributed by atoms with Gasteiger partial charge < -0.3 is 9.47 Å². The number of ether oxygens (including phenoxy) is 2. The standard InChI is InChI=1S/C17H31NO3/c1-7-10-13(8-2)14(16(19)20-9-3)15-18-17(5,6)11-12(4)21-15/h12-14H,7-11H2,1-6H3/t12-,13+,14-/m0/s1. The lowest BCUT2D eigenvalue weighted by Crippen LogP contribution is -2.42. The highest BCUT2D eigenvalue weighted by Gasteiger charge is 2.39. The van der Waals surface area contributed by atoms with Crippen LogP contribution in [0.3, 0.4) is 0 Å². The van der Waals surface area contributed by atoms with Gasteiger partial charge in [-0.25, -0.2) is 4.99 Å². The summed E-state index contributed by atoms with van der Waals surface area (Å²) in [6.45, 7) is 12.7. The van der Waals surface area contributed by atoms with Crippen LogP contribution in [-0.2, 0) is 14.3 Å². The zero-order valence-electron chi connectivity index (χ0n) is 14.4. The van der Waals surface area contributed by atoms with Crippen molar-refractivity contribution in [2.45, 2.75) is 78.9 Å². The summed E-state index contributed by atoms with van der Waals surface area (Å²) in [6, 6.07) is 0. The van der Waals surface area contributed by atoms with Crippen molar-refractivity contribution in [1.82, 2.24) is 0 Å². The van der Waals surface area contributed by atoms with Crippen LogP contribution in [0.2, 0.25) is 0 Å². The van der Waals surface area contributed by atoms with Gasteiger partial charge in [-0.05, 0) is 40.0 Å². The normalized spacial score (nSPS) is 23.7. The first-order valence-corrected chi connectivity index (χ1v) is 8.27. The van der Waals surface area contributed by atoms with Gasteiger partial charge in [-0.3, -0.25) is 4.79 Å². The van der Waals surface area contributed by atoms with Gasteiger partial charge in [-0.15, -0.1) is 0 Å². The Balaban J connectivity index is 3.10. The topological polar surface area (TPSA) is 47.9 Å². The van der Waals surface area contributed by atoms with E-state index in [0.717, 1.165) is 25.7 Å². The molecule has 0 fully saturated rings. The Morgan fingerprint density at radius 3 is 2.57 bits per heavy atom. The quantitative estimate of drug-likeness (QED) is 0.668. The second-order valence-corrected chi connectivity index (χ2v) is 6.58. The second kappa shape index (κ2) is 7.81. The summed E-state index contributed by atoms with van der Waals surface area (Å²) in [5, 5.41) is 0. The minimum absolute atomic E-state index is 0.0866. The molecule has 0 spiro atoms. The summed E-state index contributed by atoms with van der Waals surface area (Å²) in [7, 11) is 0. The highest BCUT2D eigenvalue weighted by molar-refractivity contribution is 5.98. The molecule has 0 bridgehead atoms. The Kier molecular flexibility index (Phi) is 6.69. The van der Waals surface area contributed by atoms with Crippen molar-refractivity contribution in [1.29, 1.82) is 0 Å². The van der Waals surface area contributed by atoms with Crippen LogP contribution < -0.4 is 0 Å². The highest BCUT2D eigenvalue weighted by Crippen LogP contribution is 2.31. The third-order valence-electron chi connectivity index (χ3n) is 3.98. The molecule has 0 aliphatic carbocycles. The Hall–Kier alpha value is -1.06. The van der Waals surface area contributed by atoms with Gasteiger partial charge in [0.1, 0.15) is 5.92 Å². The van der Waals surface area contributed by atoms with Crippen LogP contribution in [0.25, 0.3) is 0 Å². The van der Waals surface area contributed by atoms with Gasteiger partial charge >= 0.3 is 5.97 Å². The van der Waals surface area contributed by atoms with E-state index in [1.165, 1.54) is 0 Å². The third-order valence-corrected chi connectivity index (χ3v) is 3.98. The van der Waals surface area contributed by atoms with Crippen molar-refractivity contribution < 1.29 is 14.3 Å². The Morgan fingerprint density at radius 2 is 2.10 bits per heavy atom. The largest absolute Gasteiger partial charge is 0.477 e. The van der Waals surface area contributed by atoms with E-state index in [1.807, 2.05) is 13.8 Å². The molecule has 3 atom stereocenters. The molecule has 122 valence electrons. The van der Waals surface area contributed by atoms with Crippen LogP contribution in [-0.4, -0.2) is 30.1 Å². The number of nitrogens with zero attached hydrogens (tertiary/aromatic N) is 1. The third kappa shape index (κ3) is 5.01. The fourth-order valence-electron chi connectivity index (χ4n) is 3.17. The van der Waals surface area contributed by atoms with E-state index in [0.29, 0.717) is 12.5 Å². The molecule has 1 aliphatic rings. The number of hydrogen-bond acceptors (Lipinski definition) is 4. The lowest BCUT2D eigenvalue weighted by Gasteiger charge is -2.35. The summed E-state index contributed by atoms with van der Waals surface area (Å²) in [5.41, 5.74) is -0.178. The molecule has 21 heavy (non-hydrogen) atoms. The maximum atomic E-state index is 12.5. The summed E-state index contributed by atoms with van der Waals surface area (Å²) < 4.78 is 11.2. The molecule has 1 heterocycles. The van der Waals surface area contributed by atoms with Gasteiger partial charge in [0.05, 0.1) is 18.2 Å². The highest BCUT2D eigenvalue weighted by atomic mass is 16.5. The van der Waals surface area contributed by atoms with Crippen molar-refractivity contribution in [3.63, 3.8) is 0 Å². The molecule has 4 nitrogen and oxygen atoms in total. The predicted octanol–water partition coefficient (Wildman–Crippen LogP) is 3.98. The van der Waals surface area contributed by atoms with E-state index in [9.17, 15) is 4.79 Å². The molecule has 0 aromatic carbocycles. The van der Waals surface area contributed by atoms with Crippen LogP contribution in [0, 0.1) is 11.8 Å². The zero-order chi connectivity index (χ0) is 16.0. The molecule has 0 amide bonds. The molecule has 4 heteroatoms. The lowest BCUT2D eigenvalue weighted by atomic mass is 9.84. The summed E-state index contributed by atoms with van der Waals surface area (Å²) in [4.78, 5) is 17.2. The Labute approximate surface area is 129 Å². The molecule has 0 unspecified atom stereocenters. The monoisotopic (exact) mass is 297 g/mol. The molecule has 1 aliphatic heterocycles. The Bertz CT molecular complexity index is 376. The molecule has 0 saturated carbocycles. The van der Waals surface area contributed by atoms with E-state index in [-0.39, 0.29) is 29.4 Å². The number of esters is 1. The van der Waals surface area contributed by atoms with E-state index in [2.05, 4.69) is 27.7 Å². The van der Waals surface area contributed by atoms with Crippen molar-refractivity contribution in [3.8, 4) is 0 Å². The SMILES string of the molecule is CCC[C@@H](CC)[C@H](C(=O)OCC)C1=NC(C)(C)C[C@H](C)O1. The van der Waals surface area contributed by atoms with Gasteiger partial charge in [0.25, 0.3) is 0 Å². The maximum absolute atomic E-state index is 12.5. The average Bonchev–Trinajstić information content (AvgIpc) is 2.36. The van der Waals surface area contributed by atoms with E-state index >= 15 is 0 Å². The summed E-state index contributed by atoms with van der Waals surface area (Å²) >= 11 is 0. The fraction of sp³-hybridized carbons (Fsp3) is 0.882. The van der Waals surface area contributed by atoms with Gasteiger partial charge in [-0.2, -0.15) is 0 Å². The van der Waals surface area contributed by atoms with Crippen LogP contribution in [0.4, 0.5) is 0 Å². The average molecular weight is 297 g/mol. The van der Waals surface area contributed by atoms with E-state index in [1.54, 1.807) is 0 Å². The van der Waals surface area contributed by atoms with Gasteiger partial charge in [0.15, 0.2) is 5.90 Å². The molecular weight excluding hydrogens is 266 g/mol.